The number of para-hydroxylation sites is 1. The number of likely N-dealkylation sites (tertiary alicyclic amines) is 1. The molecule has 0 spiro atoms. The second-order valence-electron chi connectivity index (χ2n) is 9.67. The van der Waals surface area contributed by atoms with Crippen LogP contribution in [0.1, 0.15) is 41.6 Å². The largest absolute Gasteiger partial charge is 0.492 e. The first-order valence-corrected chi connectivity index (χ1v) is 13.2. The van der Waals surface area contributed by atoms with Gasteiger partial charge in [-0.1, -0.05) is 25.1 Å². The molecular formula is C30H36N6O2S. The lowest BCUT2D eigenvalue weighted by Gasteiger charge is -2.16. The van der Waals surface area contributed by atoms with E-state index in [2.05, 4.69) is 43.5 Å². The molecule has 2 aromatic heterocycles. The van der Waals surface area contributed by atoms with Gasteiger partial charge in [-0.05, 0) is 61.8 Å². The summed E-state index contributed by atoms with van der Waals surface area (Å²) in [6.45, 7) is 6.85. The molecular weight excluding hydrogens is 508 g/mol. The van der Waals surface area contributed by atoms with Crippen LogP contribution in [0.3, 0.4) is 0 Å². The Labute approximate surface area is 236 Å². The highest BCUT2D eigenvalue weighted by atomic mass is 32.1. The molecule has 4 aromatic rings. The summed E-state index contributed by atoms with van der Waals surface area (Å²) in [5.41, 5.74) is 4.41. The Morgan fingerprint density at radius 3 is 2.62 bits per heavy atom. The number of carbonyl (C=O) groups is 1. The number of hydrogen-bond acceptors (Lipinski definition) is 7. The van der Waals surface area contributed by atoms with E-state index in [0.717, 1.165) is 45.8 Å². The first kappa shape index (κ1) is 28.3. The van der Waals surface area contributed by atoms with Crippen LogP contribution in [0.4, 0.5) is 5.82 Å². The van der Waals surface area contributed by atoms with E-state index in [-0.39, 0.29) is 25.3 Å². The van der Waals surface area contributed by atoms with Crippen LogP contribution in [-0.4, -0.2) is 65.6 Å². The SMILES string of the molecule is CNC(=O)c1ccnc2c([C@H](C)CNc3cc(-c4ccc(OCCN5CCCC5)cc4)ncn3)cccc12.S. The first-order valence-electron chi connectivity index (χ1n) is 13.2. The van der Waals surface area contributed by atoms with Crippen LogP contribution in [-0.2, 0) is 0 Å². The van der Waals surface area contributed by atoms with Crippen molar-refractivity contribution in [1.82, 2.24) is 25.2 Å². The van der Waals surface area contributed by atoms with Crippen LogP contribution in [0.15, 0.2) is 67.1 Å². The van der Waals surface area contributed by atoms with Gasteiger partial charge in [0.25, 0.3) is 5.91 Å². The van der Waals surface area contributed by atoms with Gasteiger partial charge in [-0.2, -0.15) is 13.5 Å². The van der Waals surface area contributed by atoms with Crippen LogP contribution in [0.5, 0.6) is 5.75 Å². The summed E-state index contributed by atoms with van der Waals surface area (Å²) in [5.74, 6) is 1.65. The maximum atomic E-state index is 12.3. The number of nitrogens with one attached hydrogen (secondary N) is 2. The standard InChI is InChI=1S/C30H34N6O2.H2S/c1-21(24-6-5-7-25-26(30(37)31-2)12-13-32-29(24)25)19-33-28-18-27(34-20-35-28)22-8-10-23(11-9-22)38-17-16-36-14-3-4-15-36;/h5-13,18,20-21H,3-4,14-17,19H2,1-2H3,(H,31,37)(H,33,34,35);1H2/t21-;/m1./s1. The molecule has 1 aliphatic heterocycles. The van der Waals surface area contributed by atoms with Crippen LogP contribution >= 0.6 is 13.5 Å². The minimum atomic E-state index is -0.115. The fourth-order valence-electron chi connectivity index (χ4n) is 4.93. The summed E-state index contributed by atoms with van der Waals surface area (Å²) < 4.78 is 5.93. The average Bonchev–Trinajstić information content (AvgIpc) is 3.49. The van der Waals surface area contributed by atoms with E-state index in [0.29, 0.717) is 18.7 Å². The predicted molar refractivity (Wildman–Crippen MR) is 161 cm³/mol. The van der Waals surface area contributed by atoms with Crippen molar-refractivity contribution in [1.29, 1.82) is 0 Å². The number of anilines is 1. The number of nitrogens with zero attached hydrogens (tertiary/aromatic N) is 4. The predicted octanol–water partition coefficient (Wildman–Crippen LogP) is 4.85. The summed E-state index contributed by atoms with van der Waals surface area (Å²) in [6, 6.07) is 17.8. The number of pyridine rings is 1. The van der Waals surface area contributed by atoms with Gasteiger partial charge < -0.3 is 15.4 Å². The lowest BCUT2D eigenvalue weighted by atomic mass is 9.96. The highest BCUT2D eigenvalue weighted by Crippen LogP contribution is 2.27. The number of fused-ring (bicyclic) bond motifs is 1. The van der Waals surface area contributed by atoms with Crippen molar-refractivity contribution in [3.8, 4) is 17.0 Å². The van der Waals surface area contributed by atoms with Crippen molar-refractivity contribution >= 4 is 36.1 Å². The van der Waals surface area contributed by atoms with Gasteiger partial charge >= 0.3 is 0 Å². The molecule has 5 rings (SSSR count). The van der Waals surface area contributed by atoms with Crippen molar-refractivity contribution in [3.63, 3.8) is 0 Å². The van der Waals surface area contributed by atoms with Gasteiger partial charge in [0, 0.05) is 49.3 Å². The smallest absolute Gasteiger partial charge is 0.251 e. The number of rotatable bonds is 10. The zero-order chi connectivity index (χ0) is 26.3. The quantitative estimate of drug-likeness (QED) is 0.295. The Kier molecular flexibility index (Phi) is 9.73. The number of amides is 1. The lowest BCUT2D eigenvalue weighted by molar-refractivity contribution is 0.0964. The molecule has 1 atom stereocenters. The highest BCUT2D eigenvalue weighted by Gasteiger charge is 2.15. The average molecular weight is 545 g/mol. The van der Waals surface area contributed by atoms with E-state index in [4.69, 9.17) is 4.74 Å². The van der Waals surface area contributed by atoms with Gasteiger partial charge in [0.15, 0.2) is 0 Å². The van der Waals surface area contributed by atoms with E-state index in [1.807, 2.05) is 42.5 Å². The second-order valence-corrected chi connectivity index (χ2v) is 9.67. The summed E-state index contributed by atoms with van der Waals surface area (Å²) in [5, 5.41) is 7.00. The lowest BCUT2D eigenvalue weighted by Crippen LogP contribution is -2.25. The Hall–Kier alpha value is -3.69. The van der Waals surface area contributed by atoms with Gasteiger partial charge in [-0.3, -0.25) is 14.7 Å². The molecule has 0 unspecified atom stereocenters. The van der Waals surface area contributed by atoms with Gasteiger partial charge in [0.2, 0.25) is 0 Å². The number of benzene rings is 2. The van der Waals surface area contributed by atoms with E-state index in [1.54, 1.807) is 25.6 Å². The third-order valence-electron chi connectivity index (χ3n) is 7.09. The molecule has 1 fully saturated rings. The highest BCUT2D eigenvalue weighted by molar-refractivity contribution is 7.59. The van der Waals surface area contributed by atoms with Crippen LogP contribution in [0.2, 0.25) is 0 Å². The van der Waals surface area contributed by atoms with Crippen molar-refractivity contribution < 1.29 is 9.53 Å². The van der Waals surface area contributed by atoms with Crippen LogP contribution in [0, 0.1) is 0 Å². The topological polar surface area (TPSA) is 92.3 Å². The molecule has 39 heavy (non-hydrogen) atoms. The van der Waals surface area contributed by atoms with E-state index >= 15 is 0 Å². The maximum Gasteiger partial charge on any atom is 0.251 e. The third-order valence-corrected chi connectivity index (χ3v) is 7.09. The molecule has 0 aliphatic carbocycles. The molecule has 9 heteroatoms. The van der Waals surface area contributed by atoms with Gasteiger partial charge in [-0.25, -0.2) is 9.97 Å². The number of ether oxygens (including phenoxy) is 1. The Bertz CT molecular complexity index is 1390. The molecule has 0 radical (unpaired) electrons. The Balaban J connectivity index is 0.00000353. The van der Waals surface area contributed by atoms with E-state index < -0.39 is 0 Å². The molecule has 0 bridgehead atoms. The molecule has 0 saturated carbocycles. The van der Waals surface area contributed by atoms with E-state index in [1.165, 1.54) is 25.9 Å². The van der Waals surface area contributed by atoms with Crippen molar-refractivity contribution in [2.24, 2.45) is 0 Å². The second kappa shape index (κ2) is 13.4. The number of hydrogen-bond donors (Lipinski definition) is 2. The minimum absolute atomic E-state index is 0. The molecule has 2 N–H and O–H groups in total. The van der Waals surface area contributed by atoms with E-state index in [9.17, 15) is 4.79 Å². The molecule has 1 aliphatic rings. The van der Waals surface area contributed by atoms with Crippen LogP contribution in [0.25, 0.3) is 22.2 Å². The van der Waals surface area contributed by atoms with Gasteiger partial charge in [-0.15, -0.1) is 0 Å². The first-order chi connectivity index (χ1) is 18.6. The molecule has 1 amide bonds. The summed E-state index contributed by atoms with van der Waals surface area (Å²) in [4.78, 5) is 28.2. The molecule has 204 valence electrons. The monoisotopic (exact) mass is 544 g/mol. The Morgan fingerprint density at radius 1 is 1.05 bits per heavy atom. The zero-order valence-electron chi connectivity index (χ0n) is 22.5. The fraction of sp³-hybridized carbons (Fsp3) is 0.333. The van der Waals surface area contributed by atoms with Crippen LogP contribution < -0.4 is 15.4 Å². The van der Waals surface area contributed by atoms with Gasteiger partial charge in [0.1, 0.15) is 24.5 Å². The normalized spacial score (nSPS) is 14.0. The summed E-state index contributed by atoms with van der Waals surface area (Å²) in [6.07, 6.45) is 5.86. The fourth-order valence-corrected chi connectivity index (χ4v) is 4.93. The number of carbonyl (C=O) groups excluding carboxylic acids is 1. The third kappa shape index (κ3) is 6.85. The molecule has 3 heterocycles. The molecule has 1 saturated heterocycles. The maximum absolute atomic E-state index is 12.3. The molecule has 2 aromatic carbocycles. The summed E-state index contributed by atoms with van der Waals surface area (Å²) in [7, 11) is 1.64. The zero-order valence-corrected chi connectivity index (χ0v) is 23.5. The summed E-state index contributed by atoms with van der Waals surface area (Å²) >= 11 is 0. The van der Waals surface area contributed by atoms with Crippen molar-refractivity contribution in [2.75, 3.05) is 45.2 Å². The van der Waals surface area contributed by atoms with Crippen molar-refractivity contribution in [2.45, 2.75) is 25.7 Å². The van der Waals surface area contributed by atoms with Crippen molar-refractivity contribution in [3.05, 3.63) is 78.2 Å². The minimum Gasteiger partial charge on any atom is -0.492 e. The van der Waals surface area contributed by atoms with Gasteiger partial charge in [0.05, 0.1) is 16.8 Å². The Morgan fingerprint density at radius 2 is 1.85 bits per heavy atom. The number of aromatic nitrogens is 3. The molecule has 8 nitrogen and oxygen atoms in total.